The van der Waals surface area contributed by atoms with Gasteiger partial charge in [-0.05, 0) is 142 Å². The van der Waals surface area contributed by atoms with Crippen LogP contribution in [0.4, 0.5) is 17.1 Å². The van der Waals surface area contributed by atoms with E-state index in [0.29, 0.717) is 0 Å². The molecule has 1 heteroatoms. The molecule has 12 aromatic rings. The van der Waals surface area contributed by atoms with Gasteiger partial charge >= 0.3 is 0 Å². The third kappa shape index (κ3) is 7.53. The zero-order valence-electron chi connectivity index (χ0n) is 36.9. The third-order valence-corrected chi connectivity index (χ3v) is 13.2. The van der Waals surface area contributed by atoms with Crippen molar-refractivity contribution in [2.75, 3.05) is 4.90 Å². The Morgan fingerprint density at radius 1 is 0.194 bits per heavy atom. The van der Waals surface area contributed by atoms with Gasteiger partial charge in [0.2, 0.25) is 0 Å². The fourth-order valence-electron chi connectivity index (χ4n) is 10.0. The average Bonchev–Trinajstić information content (AvgIpc) is 3.41. The lowest BCUT2D eigenvalue weighted by atomic mass is 9.89. The molecule has 0 heterocycles. The van der Waals surface area contributed by atoms with Crippen molar-refractivity contribution < 1.29 is 0 Å². The summed E-state index contributed by atoms with van der Waals surface area (Å²) >= 11 is 0. The quantitative estimate of drug-likeness (QED) is 0.131. The standard InChI is InChI=1S/C66H45N/c1-4-19-46(20-5-1)50-27-18-28-51(41-50)48-35-38-55(39-36-48)67(66-34-17-16-33-62(66)61-40-37-52(47-21-6-2-7-22-47)43-63(61)49-23-8-3-9-24-49)56-42-53-25-10-13-30-58(53)65(45-56)64-44-54-26-11-12-29-57(54)59-31-14-15-32-60(59)64/h1-45H. The number of nitrogens with zero attached hydrogens (tertiary/aromatic N) is 1. The van der Waals surface area contributed by atoms with E-state index in [-0.39, 0.29) is 0 Å². The molecule has 0 N–H and O–H groups in total. The van der Waals surface area contributed by atoms with Crippen LogP contribution in [0.2, 0.25) is 0 Å². The number of anilines is 3. The monoisotopic (exact) mass is 851 g/mol. The van der Waals surface area contributed by atoms with Gasteiger partial charge in [0.25, 0.3) is 0 Å². The van der Waals surface area contributed by atoms with Crippen LogP contribution in [0.3, 0.4) is 0 Å². The van der Waals surface area contributed by atoms with E-state index in [1.165, 1.54) is 93.5 Å². The molecule has 67 heavy (non-hydrogen) atoms. The highest BCUT2D eigenvalue weighted by molar-refractivity contribution is 6.17. The molecule has 0 amide bonds. The van der Waals surface area contributed by atoms with Crippen molar-refractivity contribution in [3.63, 3.8) is 0 Å². The summed E-state index contributed by atoms with van der Waals surface area (Å²) in [7, 11) is 0. The highest BCUT2D eigenvalue weighted by Gasteiger charge is 2.22. The Labute approximate surface area is 392 Å². The van der Waals surface area contributed by atoms with Gasteiger partial charge in [-0.1, -0.05) is 224 Å². The molecule has 0 spiro atoms. The number of hydrogen-bond donors (Lipinski definition) is 0. The van der Waals surface area contributed by atoms with Crippen LogP contribution in [0.1, 0.15) is 0 Å². The Balaban J connectivity index is 1.09. The summed E-state index contributed by atoms with van der Waals surface area (Å²) < 4.78 is 0. The molecule has 0 atom stereocenters. The van der Waals surface area contributed by atoms with Crippen molar-refractivity contribution in [2.24, 2.45) is 0 Å². The molecule has 0 aliphatic heterocycles. The van der Waals surface area contributed by atoms with E-state index >= 15 is 0 Å². The van der Waals surface area contributed by atoms with Crippen LogP contribution in [-0.2, 0) is 0 Å². The van der Waals surface area contributed by atoms with Crippen LogP contribution < -0.4 is 4.90 Å². The average molecular weight is 852 g/mol. The maximum Gasteiger partial charge on any atom is 0.0540 e. The summed E-state index contributed by atoms with van der Waals surface area (Å²) in [5.74, 6) is 0. The lowest BCUT2D eigenvalue weighted by Gasteiger charge is -2.30. The first-order valence-electron chi connectivity index (χ1n) is 23.1. The fourth-order valence-corrected chi connectivity index (χ4v) is 10.0. The van der Waals surface area contributed by atoms with E-state index in [1.54, 1.807) is 0 Å². The summed E-state index contributed by atoms with van der Waals surface area (Å²) in [5, 5.41) is 7.39. The predicted octanol–water partition coefficient (Wildman–Crippen LogP) is 18.6. The molecule has 0 bridgehead atoms. The topological polar surface area (TPSA) is 3.24 Å². The molecular weight excluding hydrogens is 807 g/mol. The molecule has 0 saturated heterocycles. The smallest absolute Gasteiger partial charge is 0.0540 e. The highest BCUT2D eigenvalue weighted by atomic mass is 15.1. The number of fused-ring (bicyclic) bond motifs is 4. The minimum absolute atomic E-state index is 1.07. The Morgan fingerprint density at radius 2 is 0.672 bits per heavy atom. The summed E-state index contributed by atoms with van der Waals surface area (Å²) in [6.45, 7) is 0. The maximum absolute atomic E-state index is 2.47. The lowest BCUT2D eigenvalue weighted by Crippen LogP contribution is -2.12. The zero-order chi connectivity index (χ0) is 44.5. The van der Waals surface area contributed by atoms with Crippen molar-refractivity contribution in [2.45, 2.75) is 0 Å². The molecule has 12 rings (SSSR count). The molecule has 0 unspecified atom stereocenters. The van der Waals surface area contributed by atoms with Crippen LogP contribution in [0.25, 0.3) is 99.1 Å². The van der Waals surface area contributed by atoms with Crippen LogP contribution in [0.15, 0.2) is 273 Å². The van der Waals surface area contributed by atoms with E-state index < -0.39 is 0 Å². The lowest BCUT2D eigenvalue weighted by molar-refractivity contribution is 1.29. The minimum Gasteiger partial charge on any atom is -0.310 e. The second kappa shape index (κ2) is 17.3. The van der Waals surface area contributed by atoms with Gasteiger partial charge in [-0.2, -0.15) is 0 Å². The molecule has 0 aliphatic carbocycles. The number of benzene rings is 12. The Morgan fingerprint density at radius 3 is 1.36 bits per heavy atom. The van der Waals surface area contributed by atoms with Gasteiger partial charge in [-0.3, -0.25) is 0 Å². The normalized spacial score (nSPS) is 11.3. The molecule has 0 aromatic heterocycles. The second-order valence-corrected chi connectivity index (χ2v) is 17.2. The first-order chi connectivity index (χ1) is 33.2. The Kier molecular flexibility index (Phi) is 10.3. The van der Waals surface area contributed by atoms with Gasteiger partial charge in [0.1, 0.15) is 0 Å². The van der Waals surface area contributed by atoms with E-state index in [9.17, 15) is 0 Å². The van der Waals surface area contributed by atoms with Crippen molar-refractivity contribution in [1.29, 1.82) is 0 Å². The van der Waals surface area contributed by atoms with Crippen LogP contribution in [0.5, 0.6) is 0 Å². The van der Waals surface area contributed by atoms with E-state index in [4.69, 9.17) is 0 Å². The minimum atomic E-state index is 1.07. The van der Waals surface area contributed by atoms with Crippen LogP contribution in [-0.4, -0.2) is 0 Å². The SMILES string of the molecule is c1ccc(-c2cccc(-c3ccc(N(c4cc(-c5cc6ccccc6c6ccccc56)c5ccccc5c4)c4ccccc4-c4ccc(-c5ccccc5)cc4-c4ccccc4)cc3)c2)cc1. The number of para-hydroxylation sites is 1. The van der Waals surface area contributed by atoms with E-state index in [1.807, 2.05) is 0 Å². The van der Waals surface area contributed by atoms with E-state index in [0.717, 1.165) is 22.6 Å². The summed E-state index contributed by atoms with van der Waals surface area (Å²) in [6.07, 6.45) is 0. The molecule has 0 radical (unpaired) electrons. The molecule has 0 aliphatic rings. The Bertz CT molecular complexity index is 3720. The van der Waals surface area contributed by atoms with Crippen molar-refractivity contribution in [3.8, 4) is 66.8 Å². The number of hydrogen-bond acceptors (Lipinski definition) is 1. The first kappa shape index (κ1) is 39.8. The van der Waals surface area contributed by atoms with Crippen molar-refractivity contribution in [1.82, 2.24) is 0 Å². The van der Waals surface area contributed by atoms with Crippen LogP contribution in [0, 0.1) is 0 Å². The molecule has 12 aromatic carbocycles. The second-order valence-electron chi connectivity index (χ2n) is 17.2. The summed E-state index contributed by atoms with van der Waals surface area (Å²) in [6, 6.07) is 99.7. The summed E-state index contributed by atoms with van der Waals surface area (Å²) in [5.41, 5.74) is 17.5. The third-order valence-electron chi connectivity index (χ3n) is 13.2. The van der Waals surface area contributed by atoms with Gasteiger partial charge in [-0.15, -0.1) is 0 Å². The van der Waals surface area contributed by atoms with Crippen molar-refractivity contribution >= 4 is 49.4 Å². The molecular formula is C66H45N. The first-order valence-corrected chi connectivity index (χ1v) is 23.1. The molecule has 0 saturated carbocycles. The molecule has 1 nitrogen and oxygen atoms in total. The molecule has 0 fully saturated rings. The van der Waals surface area contributed by atoms with Gasteiger partial charge < -0.3 is 4.90 Å². The summed E-state index contributed by atoms with van der Waals surface area (Å²) in [4.78, 5) is 2.47. The van der Waals surface area contributed by atoms with Crippen LogP contribution >= 0.6 is 0 Å². The predicted molar refractivity (Wildman–Crippen MR) is 286 cm³/mol. The van der Waals surface area contributed by atoms with Gasteiger partial charge in [0, 0.05) is 16.9 Å². The van der Waals surface area contributed by atoms with E-state index in [2.05, 4.69) is 278 Å². The van der Waals surface area contributed by atoms with Gasteiger partial charge in [0.05, 0.1) is 5.69 Å². The highest BCUT2D eigenvalue weighted by Crippen LogP contribution is 2.48. The van der Waals surface area contributed by atoms with Gasteiger partial charge in [0.15, 0.2) is 0 Å². The molecule has 314 valence electrons. The zero-order valence-corrected chi connectivity index (χ0v) is 36.9. The van der Waals surface area contributed by atoms with Crippen molar-refractivity contribution in [3.05, 3.63) is 273 Å². The largest absolute Gasteiger partial charge is 0.310 e. The number of rotatable bonds is 9. The fraction of sp³-hybridized carbons (Fsp3) is 0. The maximum atomic E-state index is 2.47. The Hall–Kier alpha value is -8.78. The van der Waals surface area contributed by atoms with Gasteiger partial charge in [-0.25, -0.2) is 0 Å².